The van der Waals surface area contributed by atoms with Gasteiger partial charge in [0.2, 0.25) is 0 Å². The van der Waals surface area contributed by atoms with Crippen LogP contribution in [0.3, 0.4) is 0 Å². The van der Waals surface area contributed by atoms with Crippen molar-refractivity contribution in [2.75, 3.05) is 20.6 Å². The summed E-state index contributed by atoms with van der Waals surface area (Å²) >= 11 is 0. The van der Waals surface area contributed by atoms with Gasteiger partial charge in [0.15, 0.2) is 5.43 Å². The zero-order chi connectivity index (χ0) is 20.9. The highest BCUT2D eigenvalue weighted by Gasteiger charge is 2.15. The Morgan fingerprint density at radius 3 is 2.10 bits per heavy atom. The number of allylic oxidation sites excluding steroid dienone is 2. The van der Waals surface area contributed by atoms with Gasteiger partial charge in [-0.2, -0.15) is 0 Å². The third-order valence-corrected chi connectivity index (χ3v) is 5.11. The van der Waals surface area contributed by atoms with Crippen LogP contribution in [0.5, 0.6) is 0 Å². The monoisotopic (exact) mass is 395 g/mol. The second-order valence-electron chi connectivity index (χ2n) is 7.67. The van der Waals surface area contributed by atoms with E-state index in [0.717, 1.165) is 18.5 Å². The fraction of sp³-hybridized carbons (Fsp3) is 0.148. The van der Waals surface area contributed by atoms with Crippen LogP contribution >= 0.6 is 0 Å². The standard InChI is InChI=1S/C17H17NO2.C10H8/c1-18(2)11-12-6-5-8-13(12)17-10-15(19)14-7-3-4-9-16(14)20-17;1-2-6-10-8-4-3-7-9(10)5-1/h3-7,9-10H,8,11H2,1-2H3;1-8H. The third kappa shape index (κ3) is 4.42. The van der Waals surface area contributed by atoms with E-state index in [1.807, 2.05) is 32.3 Å². The normalized spacial score (nSPS) is 13.2. The zero-order valence-electron chi connectivity index (χ0n) is 17.3. The van der Waals surface area contributed by atoms with Crippen LogP contribution in [0.25, 0.3) is 27.3 Å². The fourth-order valence-electron chi connectivity index (χ4n) is 3.68. The van der Waals surface area contributed by atoms with Crippen molar-refractivity contribution in [3.8, 4) is 0 Å². The summed E-state index contributed by atoms with van der Waals surface area (Å²) in [6.45, 7) is 0.850. The van der Waals surface area contributed by atoms with Gasteiger partial charge in [0.25, 0.3) is 0 Å². The number of hydrogen-bond acceptors (Lipinski definition) is 3. The topological polar surface area (TPSA) is 33.5 Å². The third-order valence-electron chi connectivity index (χ3n) is 5.11. The van der Waals surface area contributed by atoms with E-state index in [1.165, 1.54) is 16.3 Å². The molecule has 0 fully saturated rings. The number of rotatable bonds is 3. The Balaban J connectivity index is 0.000000181. The molecule has 1 heterocycles. The van der Waals surface area contributed by atoms with E-state index in [1.54, 1.807) is 12.1 Å². The summed E-state index contributed by atoms with van der Waals surface area (Å²) in [6, 6.07) is 25.7. The van der Waals surface area contributed by atoms with Crippen LogP contribution in [0.15, 0.2) is 106 Å². The highest BCUT2D eigenvalue weighted by Crippen LogP contribution is 2.30. The zero-order valence-corrected chi connectivity index (χ0v) is 17.3. The van der Waals surface area contributed by atoms with Crippen molar-refractivity contribution in [3.05, 3.63) is 113 Å². The summed E-state index contributed by atoms with van der Waals surface area (Å²) in [5.41, 5.74) is 3.00. The first-order chi connectivity index (χ1) is 14.6. The van der Waals surface area contributed by atoms with Gasteiger partial charge in [-0.25, -0.2) is 0 Å². The Morgan fingerprint density at radius 1 is 0.867 bits per heavy atom. The highest BCUT2D eigenvalue weighted by atomic mass is 16.3. The second kappa shape index (κ2) is 8.93. The van der Waals surface area contributed by atoms with Crippen LogP contribution in [0.2, 0.25) is 0 Å². The number of para-hydroxylation sites is 1. The average Bonchev–Trinajstić information content (AvgIpc) is 3.22. The minimum Gasteiger partial charge on any atom is -0.456 e. The lowest BCUT2D eigenvalue weighted by atomic mass is 10.1. The number of likely N-dealkylation sites (N-methyl/N-ethyl adjacent to an activating group) is 1. The maximum Gasteiger partial charge on any atom is 0.193 e. The predicted octanol–water partition coefficient (Wildman–Crippen LogP) is 5.91. The van der Waals surface area contributed by atoms with Gasteiger partial charge in [-0.15, -0.1) is 0 Å². The van der Waals surface area contributed by atoms with Crippen molar-refractivity contribution >= 4 is 27.3 Å². The van der Waals surface area contributed by atoms with Crippen LogP contribution in [0, 0.1) is 0 Å². The molecule has 0 radical (unpaired) electrons. The molecule has 0 aliphatic heterocycles. The molecule has 1 aliphatic carbocycles. The molecule has 3 aromatic carbocycles. The van der Waals surface area contributed by atoms with Gasteiger partial charge < -0.3 is 9.32 Å². The van der Waals surface area contributed by atoms with Gasteiger partial charge >= 0.3 is 0 Å². The molecule has 0 unspecified atom stereocenters. The number of fused-ring (bicyclic) bond motifs is 2. The molecule has 1 aliphatic rings. The van der Waals surface area contributed by atoms with Crippen molar-refractivity contribution in [1.82, 2.24) is 4.90 Å². The second-order valence-corrected chi connectivity index (χ2v) is 7.67. The smallest absolute Gasteiger partial charge is 0.193 e. The summed E-state index contributed by atoms with van der Waals surface area (Å²) in [6.07, 6.45) is 5.05. The van der Waals surface area contributed by atoms with Crippen LogP contribution in [-0.2, 0) is 0 Å². The molecular weight excluding hydrogens is 370 g/mol. The molecule has 30 heavy (non-hydrogen) atoms. The molecule has 0 N–H and O–H groups in total. The van der Waals surface area contributed by atoms with E-state index in [0.29, 0.717) is 16.7 Å². The molecule has 5 rings (SSSR count). The molecule has 0 atom stereocenters. The molecule has 0 saturated heterocycles. The lowest BCUT2D eigenvalue weighted by molar-refractivity contribution is 0.449. The minimum atomic E-state index is 0.0189. The Kier molecular flexibility index (Phi) is 5.92. The lowest BCUT2D eigenvalue weighted by Gasteiger charge is -2.12. The first-order valence-electron chi connectivity index (χ1n) is 10.1. The summed E-state index contributed by atoms with van der Waals surface area (Å²) in [5, 5.41) is 3.26. The van der Waals surface area contributed by atoms with Crippen molar-refractivity contribution < 1.29 is 4.42 Å². The van der Waals surface area contributed by atoms with Crippen molar-refractivity contribution in [3.63, 3.8) is 0 Å². The van der Waals surface area contributed by atoms with E-state index in [2.05, 4.69) is 65.6 Å². The summed E-state index contributed by atoms with van der Waals surface area (Å²) < 4.78 is 5.92. The van der Waals surface area contributed by atoms with Gasteiger partial charge in [0, 0.05) is 18.2 Å². The maximum atomic E-state index is 12.2. The average molecular weight is 396 g/mol. The Labute approximate surface area is 176 Å². The largest absolute Gasteiger partial charge is 0.456 e. The number of nitrogens with zero attached hydrogens (tertiary/aromatic N) is 1. The maximum absolute atomic E-state index is 12.2. The molecule has 0 amide bonds. The number of hydrogen-bond donors (Lipinski definition) is 0. The van der Waals surface area contributed by atoms with Gasteiger partial charge in [0.05, 0.1) is 5.39 Å². The molecular formula is C27H25NO2. The SMILES string of the molecule is CN(C)CC1=C(c2cc(=O)c3ccccc3o2)CC=C1.c1ccc2ccccc2c1. The molecule has 4 aromatic rings. The Morgan fingerprint density at radius 2 is 1.47 bits per heavy atom. The molecule has 3 nitrogen and oxygen atoms in total. The fourth-order valence-corrected chi connectivity index (χ4v) is 3.68. The first-order valence-corrected chi connectivity index (χ1v) is 10.1. The van der Waals surface area contributed by atoms with Crippen LogP contribution < -0.4 is 5.43 Å². The Hall–Kier alpha value is -3.43. The molecule has 0 spiro atoms. The predicted molar refractivity (Wildman–Crippen MR) is 126 cm³/mol. The Bertz CT molecular complexity index is 1230. The summed E-state index contributed by atoms with van der Waals surface area (Å²) in [4.78, 5) is 14.3. The van der Waals surface area contributed by atoms with E-state index >= 15 is 0 Å². The van der Waals surface area contributed by atoms with E-state index in [9.17, 15) is 4.79 Å². The van der Waals surface area contributed by atoms with Crippen molar-refractivity contribution in [1.29, 1.82) is 0 Å². The minimum absolute atomic E-state index is 0.0189. The molecule has 0 saturated carbocycles. The van der Waals surface area contributed by atoms with Crippen molar-refractivity contribution in [2.24, 2.45) is 0 Å². The molecule has 1 aromatic heterocycles. The molecule has 150 valence electrons. The molecule has 0 bridgehead atoms. The van der Waals surface area contributed by atoms with Gasteiger partial charge in [-0.05, 0) is 49.0 Å². The summed E-state index contributed by atoms with van der Waals surface area (Å²) in [7, 11) is 4.07. The van der Waals surface area contributed by atoms with Crippen molar-refractivity contribution in [2.45, 2.75) is 6.42 Å². The number of benzene rings is 3. The van der Waals surface area contributed by atoms with Gasteiger partial charge in [-0.1, -0.05) is 72.8 Å². The van der Waals surface area contributed by atoms with Crippen LogP contribution in [-0.4, -0.2) is 25.5 Å². The lowest BCUT2D eigenvalue weighted by Crippen LogP contribution is -2.14. The van der Waals surface area contributed by atoms with E-state index in [4.69, 9.17) is 4.42 Å². The van der Waals surface area contributed by atoms with E-state index < -0.39 is 0 Å². The van der Waals surface area contributed by atoms with Gasteiger partial charge in [0.1, 0.15) is 11.3 Å². The highest BCUT2D eigenvalue weighted by molar-refractivity contribution is 5.82. The van der Waals surface area contributed by atoms with E-state index in [-0.39, 0.29) is 5.43 Å². The summed E-state index contributed by atoms with van der Waals surface area (Å²) in [5.74, 6) is 0.690. The van der Waals surface area contributed by atoms with Crippen LogP contribution in [0.1, 0.15) is 12.2 Å². The van der Waals surface area contributed by atoms with Gasteiger partial charge in [-0.3, -0.25) is 4.79 Å². The van der Waals surface area contributed by atoms with Crippen LogP contribution in [0.4, 0.5) is 0 Å². The molecule has 3 heteroatoms. The first kappa shape index (κ1) is 19.9. The quantitative estimate of drug-likeness (QED) is 0.432.